The number of aromatic nitrogens is 2. The van der Waals surface area contributed by atoms with E-state index in [2.05, 4.69) is 190 Å². The first-order chi connectivity index (χ1) is 27.5. The van der Waals surface area contributed by atoms with E-state index in [-0.39, 0.29) is 5.41 Å². The number of benzene rings is 8. The van der Waals surface area contributed by atoms with Gasteiger partial charge in [-0.15, -0.1) is 11.3 Å². The molecule has 11 rings (SSSR count). The standard InChI is InChI=1S/C53H36N2S/c1-53(2)45-23-10-8-19-42(45)44-31-35(26-27-46(44)53)47-32-48(55-52(54-47)34-15-4-3-5-16-34)38-29-36(40-21-12-17-33-14-6-7-18-39(33)40)28-37(30-38)41-22-13-25-50-51(41)43-20-9-11-24-49(43)56-50/h3-32H,1-2H3. The van der Waals surface area contributed by atoms with Gasteiger partial charge in [0, 0.05) is 42.3 Å². The second kappa shape index (κ2) is 12.7. The van der Waals surface area contributed by atoms with Crippen LogP contribution in [0.15, 0.2) is 182 Å². The Morgan fingerprint density at radius 3 is 1.88 bits per heavy atom. The predicted molar refractivity (Wildman–Crippen MR) is 237 cm³/mol. The van der Waals surface area contributed by atoms with Crippen molar-refractivity contribution in [3.8, 4) is 67.3 Å². The van der Waals surface area contributed by atoms with Crippen LogP contribution < -0.4 is 0 Å². The average molecular weight is 733 g/mol. The molecule has 0 unspecified atom stereocenters. The topological polar surface area (TPSA) is 25.8 Å². The molecule has 0 N–H and O–H groups in total. The zero-order valence-corrected chi connectivity index (χ0v) is 31.9. The highest BCUT2D eigenvalue weighted by atomic mass is 32.1. The van der Waals surface area contributed by atoms with Crippen molar-refractivity contribution in [3.63, 3.8) is 0 Å². The number of rotatable bonds is 5. The normalized spacial score (nSPS) is 13.0. The highest BCUT2D eigenvalue weighted by molar-refractivity contribution is 7.25. The van der Waals surface area contributed by atoms with E-state index in [0.29, 0.717) is 5.82 Å². The summed E-state index contributed by atoms with van der Waals surface area (Å²) in [5.41, 5.74) is 14.9. The van der Waals surface area contributed by atoms with E-state index in [4.69, 9.17) is 9.97 Å². The second-order valence-electron chi connectivity index (χ2n) is 15.4. The van der Waals surface area contributed by atoms with Gasteiger partial charge in [0.2, 0.25) is 0 Å². The van der Waals surface area contributed by atoms with Crippen molar-refractivity contribution in [1.82, 2.24) is 9.97 Å². The van der Waals surface area contributed by atoms with Crippen LogP contribution in [0.5, 0.6) is 0 Å². The molecule has 0 saturated carbocycles. The first-order valence-corrected chi connectivity index (χ1v) is 20.0. The third-order valence-corrected chi connectivity index (χ3v) is 12.8. The van der Waals surface area contributed by atoms with Crippen LogP contribution in [0.1, 0.15) is 25.0 Å². The van der Waals surface area contributed by atoms with Crippen LogP contribution in [-0.4, -0.2) is 9.97 Å². The van der Waals surface area contributed by atoms with Crippen LogP contribution >= 0.6 is 11.3 Å². The summed E-state index contributed by atoms with van der Waals surface area (Å²) in [6, 6.07) is 66.0. The molecule has 0 saturated heterocycles. The van der Waals surface area contributed by atoms with Crippen molar-refractivity contribution >= 4 is 42.3 Å². The van der Waals surface area contributed by atoms with Gasteiger partial charge in [-0.25, -0.2) is 9.97 Å². The molecule has 56 heavy (non-hydrogen) atoms. The van der Waals surface area contributed by atoms with Gasteiger partial charge in [-0.05, 0) is 97.7 Å². The zero-order chi connectivity index (χ0) is 37.4. The average Bonchev–Trinajstić information content (AvgIpc) is 3.75. The highest BCUT2D eigenvalue weighted by Gasteiger charge is 2.35. The smallest absolute Gasteiger partial charge is 0.160 e. The lowest BCUT2D eigenvalue weighted by Crippen LogP contribution is -2.14. The molecule has 3 heteroatoms. The molecular weight excluding hydrogens is 697 g/mol. The summed E-state index contributed by atoms with van der Waals surface area (Å²) in [7, 11) is 0. The molecule has 0 spiro atoms. The largest absolute Gasteiger partial charge is 0.228 e. The molecule has 0 aliphatic heterocycles. The van der Waals surface area contributed by atoms with E-state index < -0.39 is 0 Å². The van der Waals surface area contributed by atoms with Crippen molar-refractivity contribution < 1.29 is 0 Å². The third kappa shape index (κ3) is 5.23. The summed E-state index contributed by atoms with van der Waals surface area (Å²) < 4.78 is 2.59. The fourth-order valence-electron chi connectivity index (χ4n) is 8.92. The zero-order valence-electron chi connectivity index (χ0n) is 31.1. The minimum absolute atomic E-state index is 0.0639. The Hall–Kier alpha value is -6.68. The molecule has 8 aromatic carbocycles. The van der Waals surface area contributed by atoms with Crippen molar-refractivity contribution in [2.75, 3.05) is 0 Å². The Bertz CT molecular complexity index is 3170. The van der Waals surface area contributed by atoms with Gasteiger partial charge in [0.05, 0.1) is 11.4 Å². The summed E-state index contributed by atoms with van der Waals surface area (Å²) >= 11 is 1.86. The van der Waals surface area contributed by atoms with Crippen molar-refractivity contribution in [2.45, 2.75) is 19.3 Å². The van der Waals surface area contributed by atoms with E-state index >= 15 is 0 Å². The van der Waals surface area contributed by atoms with Crippen molar-refractivity contribution in [3.05, 3.63) is 193 Å². The molecule has 0 amide bonds. The lowest BCUT2D eigenvalue weighted by molar-refractivity contribution is 0.660. The summed E-state index contributed by atoms with van der Waals surface area (Å²) in [5.74, 6) is 0.711. The minimum Gasteiger partial charge on any atom is -0.228 e. The van der Waals surface area contributed by atoms with Crippen LogP contribution in [0, 0.1) is 0 Å². The summed E-state index contributed by atoms with van der Waals surface area (Å²) in [6.07, 6.45) is 0. The van der Waals surface area contributed by atoms with Crippen molar-refractivity contribution in [1.29, 1.82) is 0 Å². The number of thiophene rings is 1. The number of nitrogens with zero attached hydrogens (tertiary/aromatic N) is 2. The Kier molecular flexibility index (Phi) is 7.42. The number of hydrogen-bond donors (Lipinski definition) is 0. The molecule has 0 radical (unpaired) electrons. The molecular formula is C53H36N2S. The van der Waals surface area contributed by atoms with Gasteiger partial charge < -0.3 is 0 Å². The quantitative estimate of drug-likeness (QED) is 0.176. The van der Waals surface area contributed by atoms with Gasteiger partial charge in [0.1, 0.15) is 0 Å². The Balaban J connectivity index is 1.17. The molecule has 1 aliphatic carbocycles. The van der Waals surface area contributed by atoms with Crippen LogP contribution in [0.4, 0.5) is 0 Å². The molecule has 1 aliphatic rings. The molecule has 0 atom stereocenters. The van der Waals surface area contributed by atoms with Gasteiger partial charge >= 0.3 is 0 Å². The van der Waals surface area contributed by atoms with Gasteiger partial charge in [-0.1, -0.05) is 153 Å². The summed E-state index contributed by atoms with van der Waals surface area (Å²) in [4.78, 5) is 10.6. The SMILES string of the molecule is CC1(C)c2ccccc2-c2cc(-c3cc(-c4cc(-c5cccc6ccccc56)cc(-c5cccc6sc7ccccc7c56)c4)nc(-c4ccccc4)n3)ccc21. The molecule has 2 nitrogen and oxygen atoms in total. The van der Waals surface area contributed by atoms with Crippen LogP contribution in [0.2, 0.25) is 0 Å². The fraction of sp³-hybridized carbons (Fsp3) is 0.0566. The maximum atomic E-state index is 5.36. The van der Waals surface area contributed by atoms with Gasteiger partial charge in [0.25, 0.3) is 0 Å². The summed E-state index contributed by atoms with van der Waals surface area (Å²) in [6.45, 7) is 4.65. The Labute approximate surface area is 330 Å². The van der Waals surface area contributed by atoms with E-state index in [1.807, 2.05) is 17.4 Å². The molecule has 0 fully saturated rings. The number of fused-ring (bicyclic) bond motifs is 7. The van der Waals surface area contributed by atoms with Crippen LogP contribution in [-0.2, 0) is 5.41 Å². The third-order valence-electron chi connectivity index (χ3n) is 11.7. The second-order valence-corrected chi connectivity index (χ2v) is 16.4. The van der Waals surface area contributed by atoms with Crippen molar-refractivity contribution in [2.24, 2.45) is 0 Å². The monoisotopic (exact) mass is 732 g/mol. The maximum absolute atomic E-state index is 5.36. The van der Waals surface area contributed by atoms with E-state index in [9.17, 15) is 0 Å². The Morgan fingerprint density at radius 2 is 1.00 bits per heavy atom. The molecule has 0 bridgehead atoms. The number of hydrogen-bond acceptors (Lipinski definition) is 3. The van der Waals surface area contributed by atoms with Gasteiger partial charge in [-0.3, -0.25) is 0 Å². The first kappa shape index (κ1) is 32.7. The molecule has 2 aromatic heterocycles. The highest BCUT2D eigenvalue weighted by Crippen LogP contribution is 2.50. The van der Waals surface area contributed by atoms with E-state index in [0.717, 1.165) is 39.2 Å². The van der Waals surface area contributed by atoms with Gasteiger partial charge in [-0.2, -0.15) is 0 Å². The van der Waals surface area contributed by atoms with E-state index in [1.165, 1.54) is 64.3 Å². The minimum atomic E-state index is -0.0639. The fourth-order valence-corrected chi connectivity index (χ4v) is 10.0. The maximum Gasteiger partial charge on any atom is 0.160 e. The lowest BCUT2D eigenvalue weighted by Gasteiger charge is -2.21. The van der Waals surface area contributed by atoms with Crippen LogP contribution in [0.25, 0.3) is 98.2 Å². The lowest BCUT2D eigenvalue weighted by atomic mass is 9.82. The predicted octanol–water partition coefficient (Wildman–Crippen LogP) is 14.6. The molecule has 264 valence electrons. The first-order valence-electron chi connectivity index (χ1n) is 19.2. The Morgan fingerprint density at radius 1 is 0.393 bits per heavy atom. The molecule has 10 aromatic rings. The van der Waals surface area contributed by atoms with Crippen LogP contribution in [0.3, 0.4) is 0 Å². The van der Waals surface area contributed by atoms with Gasteiger partial charge in [0.15, 0.2) is 5.82 Å². The molecule has 2 heterocycles. The van der Waals surface area contributed by atoms with E-state index in [1.54, 1.807) is 0 Å². The summed E-state index contributed by atoms with van der Waals surface area (Å²) in [5, 5.41) is 5.04.